The van der Waals surface area contributed by atoms with Gasteiger partial charge in [-0.1, -0.05) is 49.7 Å². The molecule has 0 aromatic heterocycles. The summed E-state index contributed by atoms with van der Waals surface area (Å²) in [6.45, 7) is 7.67. The molecule has 2 amide bonds. The Morgan fingerprint density at radius 2 is 1.69 bits per heavy atom. The highest BCUT2D eigenvalue weighted by Crippen LogP contribution is 2.30. The zero-order chi connectivity index (χ0) is 24.8. The summed E-state index contributed by atoms with van der Waals surface area (Å²) in [5.41, 5.74) is 6.57. The number of unbranched alkanes of at least 4 members (excludes halogenated alkanes) is 1. The zero-order valence-electron chi connectivity index (χ0n) is 20.9. The number of nitrogens with one attached hydrogen (secondary N) is 2. The molecule has 0 spiro atoms. The normalized spacial score (nSPS) is 12.9. The van der Waals surface area contributed by atoms with Crippen molar-refractivity contribution >= 4 is 23.2 Å². The summed E-state index contributed by atoms with van der Waals surface area (Å²) in [6, 6.07) is 21.9. The molecule has 4 rings (SSSR count). The lowest BCUT2D eigenvalue weighted by Crippen LogP contribution is -2.35. The first-order valence-corrected chi connectivity index (χ1v) is 12.6. The molecule has 0 bridgehead atoms. The van der Waals surface area contributed by atoms with Gasteiger partial charge in [-0.3, -0.25) is 9.59 Å². The average molecular weight is 470 g/mol. The summed E-state index contributed by atoms with van der Waals surface area (Å²) in [6.07, 6.45) is 4.25. The smallest absolute Gasteiger partial charge is 0.255 e. The van der Waals surface area contributed by atoms with E-state index in [9.17, 15) is 9.59 Å². The lowest BCUT2D eigenvalue weighted by Gasteiger charge is -2.32. The minimum Gasteiger partial charge on any atom is -0.366 e. The van der Waals surface area contributed by atoms with Crippen molar-refractivity contribution in [1.82, 2.24) is 5.32 Å². The van der Waals surface area contributed by atoms with Gasteiger partial charge in [0.15, 0.2) is 0 Å². The molecule has 0 saturated heterocycles. The molecule has 1 heterocycles. The van der Waals surface area contributed by atoms with Crippen molar-refractivity contribution in [3.8, 4) is 0 Å². The Bertz CT molecular complexity index is 1180. The fraction of sp³-hybridized carbons (Fsp3) is 0.333. The van der Waals surface area contributed by atoms with E-state index in [1.165, 1.54) is 16.7 Å². The van der Waals surface area contributed by atoms with Gasteiger partial charge in [-0.2, -0.15) is 0 Å². The summed E-state index contributed by atoms with van der Waals surface area (Å²) in [5, 5.41) is 5.99. The van der Waals surface area contributed by atoms with Crippen LogP contribution in [0.3, 0.4) is 0 Å². The first kappa shape index (κ1) is 24.5. The summed E-state index contributed by atoms with van der Waals surface area (Å²) < 4.78 is 0. The number of fused-ring (bicyclic) bond motifs is 1. The van der Waals surface area contributed by atoms with Gasteiger partial charge < -0.3 is 15.5 Å². The van der Waals surface area contributed by atoms with E-state index in [4.69, 9.17) is 0 Å². The van der Waals surface area contributed by atoms with Crippen molar-refractivity contribution < 1.29 is 9.59 Å². The van der Waals surface area contributed by atoms with Crippen molar-refractivity contribution in [2.45, 2.75) is 59.0 Å². The zero-order valence-corrected chi connectivity index (χ0v) is 20.9. The number of benzene rings is 3. The van der Waals surface area contributed by atoms with Gasteiger partial charge in [0, 0.05) is 36.1 Å². The number of nitrogens with zero attached hydrogens (tertiary/aromatic N) is 1. The van der Waals surface area contributed by atoms with Crippen LogP contribution in [0.25, 0.3) is 0 Å². The molecular weight excluding hydrogens is 434 g/mol. The maximum Gasteiger partial charge on any atom is 0.255 e. The number of hydrogen-bond acceptors (Lipinski definition) is 3. The topological polar surface area (TPSA) is 61.4 Å². The standard InChI is InChI=1S/C30H35N3O2/c1-4-5-8-22-11-13-24(14-12-22)29(34)32-26-15-16-28(27(19-26)30(35)31-21(2)3)33-18-17-23-9-6-7-10-25(23)20-33/h6-7,9-16,19,21H,4-5,8,17-18,20H2,1-3H3,(H,31,35)(H,32,34). The number of anilines is 2. The molecule has 5 nitrogen and oxygen atoms in total. The van der Waals surface area contributed by atoms with E-state index in [2.05, 4.69) is 46.7 Å². The Morgan fingerprint density at radius 3 is 2.40 bits per heavy atom. The molecule has 0 saturated carbocycles. The summed E-state index contributed by atoms with van der Waals surface area (Å²) in [7, 11) is 0. The Balaban J connectivity index is 1.56. The first-order chi connectivity index (χ1) is 16.9. The number of amides is 2. The minimum absolute atomic E-state index is 0.0156. The van der Waals surface area contributed by atoms with Gasteiger partial charge in [-0.15, -0.1) is 0 Å². The molecule has 0 aliphatic carbocycles. The van der Waals surface area contributed by atoms with Crippen molar-refractivity contribution in [2.24, 2.45) is 0 Å². The highest BCUT2D eigenvalue weighted by Gasteiger charge is 2.22. The maximum atomic E-state index is 13.1. The van der Waals surface area contributed by atoms with Crippen LogP contribution in [0, 0.1) is 0 Å². The predicted octanol–water partition coefficient (Wildman–Crippen LogP) is 5.98. The van der Waals surface area contributed by atoms with Crippen molar-refractivity contribution in [3.05, 3.63) is 94.5 Å². The quantitative estimate of drug-likeness (QED) is 0.426. The van der Waals surface area contributed by atoms with E-state index in [0.717, 1.165) is 44.5 Å². The number of carbonyl (C=O) groups is 2. The number of hydrogen-bond donors (Lipinski definition) is 2. The third-order valence-corrected chi connectivity index (χ3v) is 6.43. The van der Waals surface area contributed by atoms with Gasteiger partial charge in [0.25, 0.3) is 11.8 Å². The third kappa shape index (κ3) is 6.10. The van der Waals surface area contributed by atoms with Gasteiger partial charge in [-0.25, -0.2) is 0 Å². The van der Waals surface area contributed by atoms with Crippen LogP contribution in [-0.2, 0) is 19.4 Å². The van der Waals surface area contributed by atoms with E-state index in [-0.39, 0.29) is 17.9 Å². The van der Waals surface area contributed by atoms with Crippen molar-refractivity contribution in [3.63, 3.8) is 0 Å². The van der Waals surface area contributed by atoms with Crippen LogP contribution in [0.15, 0.2) is 66.7 Å². The Hall–Kier alpha value is -3.60. The van der Waals surface area contributed by atoms with Crippen LogP contribution in [-0.4, -0.2) is 24.4 Å². The van der Waals surface area contributed by atoms with E-state index in [1.807, 2.05) is 50.2 Å². The molecule has 1 aliphatic heterocycles. The van der Waals surface area contributed by atoms with Gasteiger partial charge in [0.05, 0.1) is 5.56 Å². The largest absolute Gasteiger partial charge is 0.366 e. The van der Waals surface area contributed by atoms with Gasteiger partial charge in [0.2, 0.25) is 0 Å². The van der Waals surface area contributed by atoms with Gasteiger partial charge in [0.1, 0.15) is 0 Å². The van der Waals surface area contributed by atoms with Crippen molar-refractivity contribution in [2.75, 3.05) is 16.8 Å². The van der Waals surface area contributed by atoms with E-state index >= 15 is 0 Å². The number of rotatable bonds is 8. The summed E-state index contributed by atoms with van der Waals surface area (Å²) >= 11 is 0. The SMILES string of the molecule is CCCCc1ccc(C(=O)Nc2ccc(N3CCc4ccccc4C3)c(C(=O)NC(C)C)c2)cc1. The van der Waals surface area contributed by atoms with Crippen LogP contribution in [0.2, 0.25) is 0 Å². The Kier molecular flexibility index (Phi) is 7.86. The number of aryl methyl sites for hydroxylation is 1. The molecule has 0 atom stereocenters. The second-order valence-corrected chi connectivity index (χ2v) is 9.55. The third-order valence-electron chi connectivity index (χ3n) is 6.43. The molecule has 0 unspecified atom stereocenters. The monoisotopic (exact) mass is 469 g/mol. The van der Waals surface area contributed by atoms with Gasteiger partial charge >= 0.3 is 0 Å². The Labute approximate surface area is 208 Å². The van der Waals surface area contributed by atoms with Crippen LogP contribution >= 0.6 is 0 Å². The van der Waals surface area contributed by atoms with Gasteiger partial charge in [-0.05, 0) is 80.1 Å². The Morgan fingerprint density at radius 1 is 0.943 bits per heavy atom. The maximum absolute atomic E-state index is 13.1. The second kappa shape index (κ2) is 11.2. The molecule has 182 valence electrons. The number of carbonyl (C=O) groups excluding carboxylic acids is 2. The van der Waals surface area contributed by atoms with Crippen LogP contribution in [0.4, 0.5) is 11.4 Å². The fourth-order valence-electron chi connectivity index (χ4n) is 4.52. The second-order valence-electron chi connectivity index (χ2n) is 9.55. The van der Waals surface area contributed by atoms with Crippen LogP contribution in [0.1, 0.15) is 71.0 Å². The van der Waals surface area contributed by atoms with E-state index in [0.29, 0.717) is 16.8 Å². The highest BCUT2D eigenvalue weighted by atomic mass is 16.2. The molecule has 35 heavy (non-hydrogen) atoms. The summed E-state index contributed by atoms with van der Waals surface area (Å²) in [5.74, 6) is -0.313. The van der Waals surface area contributed by atoms with E-state index < -0.39 is 0 Å². The van der Waals surface area contributed by atoms with Crippen LogP contribution < -0.4 is 15.5 Å². The average Bonchev–Trinajstić information content (AvgIpc) is 2.87. The molecule has 1 aliphatic rings. The van der Waals surface area contributed by atoms with Crippen molar-refractivity contribution in [1.29, 1.82) is 0 Å². The predicted molar refractivity (Wildman–Crippen MR) is 143 cm³/mol. The minimum atomic E-state index is -0.179. The lowest BCUT2D eigenvalue weighted by molar-refractivity contribution is 0.0942. The molecule has 0 fully saturated rings. The van der Waals surface area contributed by atoms with Crippen LogP contribution in [0.5, 0.6) is 0 Å². The molecule has 3 aromatic rings. The molecular formula is C30H35N3O2. The summed E-state index contributed by atoms with van der Waals surface area (Å²) in [4.78, 5) is 28.3. The fourth-order valence-corrected chi connectivity index (χ4v) is 4.52. The highest BCUT2D eigenvalue weighted by molar-refractivity contribution is 6.06. The molecule has 5 heteroatoms. The molecule has 2 N–H and O–H groups in total. The molecule has 3 aromatic carbocycles. The lowest BCUT2D eigenvalue weighted by atomic mass is 9.98. The first-order valence-electron chi connectivity index (χ1n) is 12.6. The molecule has 0 radical (unpaired) electrons. The van der Waals surface area contributed by atoms with E-state index in [1.54, 1.807) is 6.07 Å².